The van der Waals surface area contributed by atoms with Crippen LogP contribution in [0.5, 0.6) is 0 Å². The molecule has 0 aliphatic heterocycles. The molecule has 94 valence electrons. The highest BCUT2D eigenvalue weighted by molar-refractivity contribution is 7.80. The Labute approximate surface area is 109 Å². The van der Waals surface area contributed by atoms with Crippen molar-refractivity contribution in [1.29, 1.82) is 0 Å². The van der Waals surface area contributed by atoms with Gasteiger partial charge >= 0.3 is 0 Å². The third kappa shape index (κ3) is 3.40. The molecule has 0 aliphatic carbocycles. The molecule has 1 unspecified atom stereocenters. The summed E-state index contributed by atoms with van der Waals surface area (Å²) in [7, 11) is 0. The second-order valence-electron chi connectivity index (χ2n) is 4.85. The van der Waals surface area contributed by atoms with Gasteiger partial charge in [0.25, 0.3) is 0 Å². The Bertz CT molecular complexity index is 427. The topological polar surface area (TPSA) is 50.9 Å². The van der Waals surface area contributed by atoms with Crippen molar-refractivity contribution in [2.75, 3.05) is 5.32 Å². The van der Waals surface area contributed by atoms with Crippen LogP contribution in [0.25, 0.3) is 0 Å². The highest BCUT2D eigenvalue weighted by Crippen LogP contribution is 2.20. The molecule has 1 aromatic rings. The predicted octanol–water partition coefficient (Wildman–Crippen LogP) is 2.79. The summed E-state index contributed by atoms with van der Waals surface area (Å²) in [5.74, 6) is 1.33. The Hall–Kier alpha value is -1.16. The zero-order chi connectivity index (χ0) is 13.2. The standard InChI is InChI=1S/C13H21N3S/c1-7(2)10(5)16-13-11(12(14)17)8(3)6-9(4)15-13/h6-7,10H,1-5H3,(H2,14,17)(H,15,16). The Kier molecular flexibility index (Phi) is 4.46. The average molecular weight is 251 g/mol. The molecule has 1 atom stereocenters. The molecule has 0 saturated carbocycles. The summed E-state index contributed by atoms with van der Waals surface area (Å²) in [6, 6.07) is 2.33. The van der Waals surface area contributed by atoms with Gasteiger partial charge in [-0.15, -0.1) is 0 Å². The van der Waals surface area contributed by atoms with Crippen LogP contribution in [0.4, 0.5) is 5.82 Å². The molecular formula is C13H21N3S. The van der Waals surface area contributed by atoms with E-state index in [0.717, 1.165) is 22.6 Å². The number of hydrogen-bond acceptors (Lipinski definition) is 3. The molecule has 0 spiro atoms. The second-order valence-corrected chi connectivity index (χ2v) is 5.29. The summed E-state index contributed by atoms with van der Waals surface area (Å²) in [4.78, 5) is 4.90. The van der Waals surface area contributed by atoms with E-state index in [1.54, 1.807) is 0 Å². The van der Waals surface area contributed by atoms with Crippen molar-refractivity contribution in [2.24, 2.45) is 11.7 Å². The summed E-state index contributed by atoms with van der Waals surface area (Å²) < 4.78 is 0. The monoisotopic (exact) mass is 251 g/mol. The van der Waals surface area contributed by atoms with E-state index in [1.165, 1.54) is 0 Å². The normalized spacial score (nSPS) is 12.6. The lowest BCUT2D eigenvalue weighted by atomic mass is 10.0. The smallest absolute Gasteiger partial charge is 0.136 e. The number of aryl methyl sites for hydroxylation is 2. The third-order valence-corrected chi connectivity index (χ3v) is 3.16. The molecule has 0 saturated heterocycles. The molecule has 17 heavy (non-hydrogen) atoms. The van der Waals surface area contributed by atoms with Crippen molar-refractivity contribution < 1.29 is 0 Å². The molecule has 0 fully saturated rings. The van der Waals surface area contributed by atoms with Gasteiger partial charge in [0.2, 0.25) is 0 Å². The van der Waals surface area contributed by atoms with Crippen molar-refractivity contribution >= 4 is 23.0 Å². The summed E-state index contributed by atoms with van der Waals surface area (Å²) in [5, 5.41) is 3.39. The Morgan fingerprint density at radius 2 is 1.94 bits per heavy atom. The van der Waals surface area contributed by atoms with E-state index in [0.29, 0.717) is 16.9 Å². The van der Waals surface area contributed by atoms with Gasteiger partial charge in [0.1, 0.15) is 10.8 Å². The van der Waals surface area contributed by atoms with Gasteiger partial charge in [0.05, 0.1) is 5.56 Å². The van der Waals surface area contributed by atoms with Gasteiger partial charge in [-0.25, -0.2) is 4.98 Å². The molecule has 0 bridgehead atoms. The lowest BCUT2D eigenvalue weighted by Gasteiger charge is -2.21. The highest BCUT2D eigenvalue weighted by Gasteiger charge is 2.14. The maximum absolute atomic E-state index is 5.77. The number of nitrogens with zero attached hydrogens (tertiary/aromatic N) is 1. The van der Waals surface area contributed by atoms with Crippen LogP contribution in [0.2, 0.25) is 0 Å². The van der Waals surface area contributed by atoms with E-state index >= 15 is 0 Å². The first-order chi connectivity index (χ1) is 7.82. The minimum atomic E-state index is 0.330. The van der Waals surface area contributed by atoms with Crippen LogP contribution >= 0.6 is 12.2 Å². The lowest BCUT2D eigenvalue weighted by Crippen LogP contribution is -2.25. The summed E-state index contributed by atoms with van der Waals surface area (Å²) >= 11 is 5.10. The van der Waals surface area contributed by atoms with Gasteiger partial charge in [0.15, 0.2) is 0 Å². The zero-order valence-electron chi connectivity index (χ0n) is 11.2. The van der Waals surface area contributed by atoms with Crippen molar-refractivity contribution in [1.82, 2.24) is 4.98 Å². The number of pyridine rings is 1. The number of thiocarbonyl (C=S) groups is 1. The van der Waals surface area contributed by atoms with Crippen molar-refractivity contribution in [3.63, 3.8) is 0 Å². The number of nitrogens with two attached hydrogens (primary N) is 1. The van der Waals surface area contributed by atoms with Crippen LogP contribution in [0.3, 0.4) is 0 Å². The molecule has 3 N–H and O–H groups in total. The second kappa shape index (κ2) is 5.45. The van der Waals surface area contributed by atoms with E-state index in [2.05, 4.69) is 31.1 Å². The molecule has 1 aromatic heterocycles. The first-order valence-corrected chi connectivity index (χ1v) is 6.28. The predicted molar refractivity (Wildman–Crippen MR) is 77.5 cm³/mol. The molecular weight excluding hydrogens is 230 g/mol. The quantitative estimate of drug-likeness (QED) is 0.808. The lowest BCUT2D eigenvalue weighted by molar-refractivity contribution is 0.558. The maximum atomic E-state index is 5.77. The number of rotatable bonds is 4. The SMILES string of the molecule is Cc1cc(C)c(C(N)=S)c(NC(C)C(C)C)n1. The van der Waals surface area contributed by atoms with Crippen LogP contribution in [-0.2, 0) is 0 Å². The number of nitrogens with one attached hydrogen (secondary N) is 1. The molecule has 1 rings (SSSR count). The fraction of sp³-hybridized carbons (Fsp3) is 0.538. The molecule has 3 nitrogen and oxygen atoms in total. The Balaban J connectivity index is 3.17. The number of aromatic nitrogens is 1. The number of hydrogen-bond donors (Lipinski definition) is 2. The molecule has 4 heteroatoms. The summed E-state index contributed by atoms with van der Waals surface area (Å²) in [5.41, 5.74) is 8.67. The number of anilines is 1. The Morgan fingerprint density at radius 1 is 1.35 bits per heavy atom. The fourth-order valence-electron chi connectivity index (χ4n) is 1.63. The van der Waals surface area contributed by atoms with Gasteiger partial charge < -0.3 is 11.1 Å². The molecule has 0 radical (unpaired) electrons. The van der Waals surface area contributed by atoms with Gasteiger partial charge in [-0.1, -0.05) is 26.1 Å². The maximum Gasteiger partial charge on any atom is 0.136 e. The highest BCUT2D eigenvalue weighted by atomic mass is 32.1. The van der Waals surface area contributed by atoms with E-state index in [9.17, 15) is 0 Å². The molecule has 0 amide bonds. The van der Waals surface area contributed by atoms with Crippen molar-refractivity contribution in [2.45, 2.75) is 40.7 Å². The van der Waals surface area contributed by atoms with Crippen LogP contribution < -0.4 is 11.1 Å². The van der Waals surface area contributed by atoms with Crippen LogP contribution in [0.15, 0.2) is 6.07 Å². The van der Waals surface area contributed by atoms with Gasteiger partial charge in [-0.3, -0.25) is 0 Å². The minimum absolute atomic E-state index is 0.330. The van der Waals surface area contributed by atoms with Crippen molar-refractivity contribution in [3.8, 4) is 0 Å². The molecule has 0 aliphatic rings. The van der Waals surface area contributed by atoms with Gasteiger partial charge in [0, 0.05) is 11.7 Å². The Morgan fingerprint density at radius 3 is 2.41 bits per heavy atom. The fourth-order valence-corrected chi connectivity index (χ4v) is 1.89. The molecule has 1 heterocycles. The molecule has 0 aromatic carbocycles. The van der Waals surface area contributed by atoms with Crippen molar-refractivity contribution in [3.05, 3.63) is 22.9 Å². The zero-order valence-corrected chi connectivity index (χ0v) is 12.0. The first kappa shape index (κ1) is 13.9. The first-order valence-electron chi connectivity index (χ1n) is 5.87. The van der Waals surface area contributed by atoms with Gasteiger partial charge in [-0.05, 0) is 38.3 Å². The average Bonchev–Trinajstić information content (AvgIpc) is 2.14. The summed E-state index contributed by atoms with van der Waals surface area (Å²) in [6.07, 6.45) is 0. The van der Waals surface area contributed by atoms with Crippen LogP contribution in [-0.4, -0.2) is 16.0 Å². The van der Waals surface area contributed by atoms with E-state index in [1.807, 2.05) is 19.9 Å². The van der Waals surface area contributed by atoms with Gasteiger partial charge in [-0.2, -0.15) is 0 Å². The van der Waals surface area contributed by atoms with Crippen LogP contribution in [0, 0.1) is 19.8 Å². The minimum Gasteiger partial charge on any atom is -0.389 e. The largest absolute Gasteiger partial charge is 0.389 e. The van der Waals surface area contributed by atoms with E-state index < -0.39 is 0 Å². The van der Waals surface area contributed by atoms with E-state index in [4.69, 9.17) is 18.0 Å². The third-order valence-electron chi connectivity index (χ3n) is 2.96. The van der Waals surface area contributed by atoms with Crippen LogP contribution in [0.1, 0.15) is 37.6 Å². The van der Waals surface area contributed by atoms with E-state index in [-0.39, 0.29) is 0 Å². The summed E-state index contributed by atoms with van der Waals surface area (Å²) in [6.45, 7) is 10.4.